The Morgan fingerprint density at radius 1 is 1.20 bits per heavy atom. The van der Waals surface area contributed by atoms with Crippen molar-refractivity contribution in [1.82, 2.24) is 15.2 Å². The fraction of sp³-hybridized carbons (Fsp3) is 0.500. The zero-order valence-electron chi connectivity index (χ0n) is 20.3. The van der Waals surface area contributed by atoms with Crippen LogP contribution in [0.4, 0.5) is 10.6 Å². The third-order valence-electron chi connectivity index (χ3n) is 6.90. The molecule has 2 aromatic rings. The Morgan fingerprint density at radius 3 is 2.74 bits per heavy atom. The molecule has 1 fully saturated rings. The van der Waals surface area contributed by atoms with Crippen LogP contribution in [0.3, 0.4) is 0 Å². The molecule has 9 heteroatoms. The molecule has 0 saturated carbocycles. The van der Waals surface area contributed by atoms with Gasteiger partial charge in [0.05, 0.1) is 20.3 Å². The van der Waals surface area contributed by atoms with Gasteiger partial charge in [-0.25, -0.2) is 9.78 Å². The SMILES string of the molecule is COC(=O)N1CCC(Nc2cc(C(=O)CC[C@@H](O)[C@@H]3Cc4ccc(OC)cc4CN3)ccn2)CC1. The average molecular weight is 483 g/mol. The van der Waals surface area contributed by atoms with Crippen LogP contribution in [0, 0.1) is 0 Å². The number of likely N-dealkylation sites (tertiary alicyclic amines) is 1. The first-order chi connectivity index (χ1) is 17.0. The molecule has 3 heterocycles. The monoisotopic (exact) mass is 482 g/mol. The van der Waals surface area contributed by atoms with E-state index in [4.69, 9.17) is 9.47 Å². The highest BCUT2D eigenvalue weighted by molar-refractivity contribution is 5.96. The van der Waals surface area contributed by atoms with Crippen molar-refractivity contribution in [3.8, 4) is 5.75 Å². The van der Waals surface area contributed by atoms with E-state index >= 15 is 0 Å². The maximum absolute atomic E-state index is 12.8. The number of ketones is 1. The molecule has 0 unspecified atom stereocenters. The summed E-state index contributed by atoms with van der Waals surface area (Å²) in [7, 11) is 3.04. The number of piperidine rings is 1. The molecule has 9 nitrogen and oxygen atoms in total. The molecular formula is C26H34N4O5. The van der Waals surface area contributed by atoms with Crippen LogP contribution in [-0.2, 0) is 17.7 Å². The lowest BCUT2D eigenvalue weighted by Crippen LogP contribution is -2.44. The lowest BCUT2D eigenvalue weighted by molar-refractivity contribution is 0.0877. The minimum atomic E-state index is -0.617. The number of nitrogens with one attached hydrogen (secondary N) is 2. The molecular weight excluding hydrogens is 448 g/mol. The van der Waals surface area contributed by atoms with Gasteiger partial charge >= 0.3 is 6.09 Å². The number of hydrogen-bond donors (Lipinski definition) is 3. The Kier molecular flexibility index (Phi) is 8.20. The summed E-state index contributed by atoms with van der Waals surface area (Å²) in [4.78, 5) is 30.5. The molecule has 1 aromatic heterocycles. The minimum absolute atomic E-state index is 0.0176. The van der Waals surface area contributed by atoms with Gasteiger partial charge in [-0.1, -0.05) is 6.07 Å². The maximum Gasteiger partial charge on any atom is 0.409 e. The van der Waals surface area contributed by atoms with Crippen LogP contribution in [0.2, 0.25) is 0 Å². The lowest BCUT2D eigenvalue weighted by atomic mass is 9.90. The van der Waals surface area contributed by atoms with Gasteiger partial charge in [0.15, 0.2) is 5.78 Å². The number of rotatable bonds is 8. The number of aromatic nitrogens is 1. The maximum atomic E-state index is 12.8. The number of nitrogens with zero attached hydrogens (tertiary/aromatic N) is 2. The number of hydrogen-bond acceptors (Lipinski definition) is 8. The third-order valence-corrected chi connectivity index (χ3v) is 6.90. The number of fused-ring (bicyclic) bond motifs is 1. The molecule has 35 heavy (non-hydrogen) atoms. The molecule has 2 aliphatic heterocycles. The highest BCUT2D eigenvalue weighted by Gasteiger charge is 2.26. The number of amides is 1. The lowest BCUT2D eigenvalue weighted by Gasteiger charge is -2.31. The summed E-state index contributed by atoms with van der Waals surface area (Å²) in [6.45, 7) is 1.91. The van der Waals surface area contributed by atoms with Crippen LogP contribution in [-0.4, -0.2) is 72.4 Å². The number of anilines is 1. The zero-order valence-corrected chi connectivity index (χ0v) is 20.3. The summed E-state index contributed by atoms with van der Waals surface area (Å²) >= 11 is 0. The molecule has 1 aromatic carbocycles. The predicted octanol–water partition coefficient (Wildman–Crippen LogP) is 2.77. The number of Topliss-reactive ketones (excluding diaryl/α,β-unsaturated/α-hetero) is 1. The van der Waals surface area contributed by atoms with Crippen LogP contribution >= 0.6 is 0 Å². The quantitative estimate of drug-likeness (QED) is 0.493. The van der Waals surface area contributed by atoms with E-state index in [1.54, 1.807) is 30.3 Å². The molecule has 0 radical (unpaired) electrons. The number of benzene rings is 1. The van der Waals surface area contributed by atoms with E-state index in [0.29, 0.717) is 43.9 Å². The van der Waals surface area contributed by atoms with Crippen molar-refractivity contribution in [3.63, 3.8) is 0 Å². The second-order valence-electron chi connectivity index (χ2n) is 9.16. The highest BCUT2D eigenvalue weighted by Crippen LogP contribution is 2.24. The average Bonchev–Trinajstić information content (AvgIpc) is 2.91. The van der Waals surface area contributed by atoms with Crippen LogP contribution in [0.15, 0.2) is 36.5 Å². The fourth-order valence-corrected chi connectivity index (χ4v) is 4.77. The van der Waals surface area contributed by atoms with Crippen molar-refractivity contribution in [1.29, 1.82) is 0 Å². The Morgan fingerprint density at radius 2 is 2.00 bits per heavy atom. The third kappa shape index (κ3) is 6.29. The van der Waals surface area contributed by atoms with Gasteiger partial charge in [0, 0.05) is 49.9 Å². The summed E-state index contributed by atoms with van der Waals surface area (Å²) in [5, 5.41) is 17.5. The normalized spacial score (nSPS) is 18.9. The van der Waals surface area contributed by atoms with Crippen LogP contribution < -0.4 is 15.4 Å². The molecule has 0 aliphatic carbocycles. The van der Waals surface area contributed by atoms with Crippen LogP contribution in [0.25, 0.3) is 0 Å². The Hall–Kier alpha value is -3.17. The first-order valence-corrected chi connectivity index (χ1v) is 12.1. The number of aliphatic hydroxyl groups is 1. The first-order valence-electron chi connectivity index (χ1n) is 12.1. The van der Waals surface area contributed by atoms with Gasteiger partial charge in [0.2, 0.25) is 0 Å². The van der Waals surface area contributed by atoms with Crippen molar-refractivity contribution < 1.29 is 24.2 Å². The predicted molar refractivity (Wildman–Crippen MR) is 132 cm³/mol. The summed E-state index contributed by atoms with van der Waals surface area (Å²) in [6, 6.07) is 9.57. The fourth-order valence-electron chi connectivity index (χ4n) is 4.77. The van der Waals surface area contributed by atoms with E-state index in [2.05, 4.69) is 15.6 Å². The van der Waals surface area contributed by atoms with Gasteiger partial charge < -0.3 is 30.1 Å². The molecule has 2 aliphatic rings. The van der Waals surface area contributed by atoms with Crippen LogP contribution in [0.1, 0.15) is 47.2 Å². The van der Waals surface area contributed by atoms with Crippen molar-refractivity contribution in [3.05, 3.63) is 53.2 Å². The van der Waals surface area contributed by atoms with Crippen molar-refractivity contribution in [2.75, 3.05) is 32.6 Å². The molecule has 3 N–H and O–H groups in total. The van der Waals surface area contributed by atoms with Crippen molar-refractivity contribution in [2.45, 2.75) is 56.8 Å². The van der Waals surface area contributed by atoms with Gasteiger partial charge in [-0.2, -0.15) is 0 Å². The topological polar surface area (TPSA) is 113 Å². The van der Waals surface area contributed by atoms with E-state index in [1.165, 1.54) is 18.2 Å². The Labute approximate surface area is 205 Å². The van der Waals surface area contributed by atoms with E-state index in [9.17, 15) is 14.7 Å². The minimum Gasteiger partial charge on any atom is -0.497 e. The number of ether oxygens (including phenoxy) is 2. The van der Waals surface area contributed by atoms with Gasteiger partial charge in [0.1, 0.15) is 11.6 Å². The molecule has 4 rings (SSSR count). The molecule has 188 valence electrons. The van der Waals surface area contributed by atoms with E-state index in [0.717, 1.165) is 18.6 Å². The number of pyridine rings is 1. The van der Waals surface area contributed by atoms with E-state index < -0.39 is 6.10 Å². The summed E-state index contributed by atoms with van der Waals surface area (Å²) < 4.78 is 10.1. The molecule has 0 spiro atoms. The second-order valence-corrected chi connectivity index (χ2v) is 9.16. The Balaban J connectivity index is 1.26. The summed E-state index contributed by atoms with van der Waals surface area (Å²) in [5.41, 5.74) is 2.95. The second kappa shape index (κ2) is 11.5. The van der Waals surface area contributed by atoms with Crippen molar-refractivity contribution >= 4 is 17.7 Å². The molecule has 1 amide bonds. The number of aliphatic hydroxyl groups excluding tert-OH is 1. The smallest absolute Gasteiger partial charge is 0.409 e. The van der Waals surface area contributed by atoms with E-state index in [1.807, 2.05) is 18.2 Å². The van der Waals surface area contributed by atoms with E-state index in [-0.39, 0.29) is 30.4 Å². The first kappa shape index (κ1) is 24.9. The zero-order chi connectivity index (χ0) is 24.8. The molecule has 0 bridgehead atoms. The van der Waals surface area contributed by atoms with Gasteiger partial charge in [-0.3, -0.25) is 4.79 Å². The van der Waals surface area contributed by atoms with Gasteiger partial charge in [0.25, 0.3) is 0 Å². The number of methoxy groups -OCH3 is 2. The summed E-state index contributed by atoms with van der Waals surface area (Å²) in [5.74, 6) is 1.46. The highest BCUT2D eigenvalue weighted by atomic mass is 16.5. The van der Waals surface area contributed by atoms with Gasteiger partial charge in [-0.15, -0.1) is 0 Å². The van der Waals surface area contributed by atoms with Crippen LogP contribution in [0.5, 0.6) is 5.75 Å². The standard InChI is InChI=1S/C26H34N4O5/c1-34-21-4-3-17-14-22(28-16-19(17)13-21)24(32)6-5-23(31)18-7-10-27-25(15-18)29-20-8-11-30(12-9-20)26(33)35-2/h3-4,7,10,13,15,20,22,24,28,32H,5-6,8-9,11-12,14,16H2,1-2H3,(H,27,29)/t22-,24+/m0/s1. The van der Waals surface area contributed by atoms with Crippen molar-refractivity contribution in [2.24, 2.45) is 0 Å². The molecule has 1 saturated heterocycles. The van der Waals surface area contributed by atoms with Gasteiger partial charge in [-0.05, 0) is 61.1 Å². The summed E-state index contributed by atoms with van der Waals surface area (Å²) in [6.07, 6.45) is 3.64. The largest absolute Gasteiger partial charge is 0.497 e. The number of carbonyl (C=O) groups is 2. The molecule has 2 atom stereocenters. The number of carbonyl (C=O) groups excluding carboxylic acids is 2. The Bertz CT molecular complexity index is 1040.